The number of sulfonamides is 1. The molecule has 0 aliphatic carbocycles. The van der Waals surface area contributed by atoms with E-state index in [9.17, 15) is 13.2 Å². The summed E-state index contributed by atoms with van der Waals surface area (Å²) < 4.78 is 32.7. The van der Waals surface area contributed by atoms with Crippen LogP contribution in [0.5, 0.6) is 5.75 Å². The largest absolute Gasteiger partial charge is 0.497 e. The highest BCUT2D eigenvalue weighted by Crippen LogP contribution is 2.23. The highest BCUT2D eigenvalue weighted by Gasteiger charge is 2.27. The lowest BCUT2D eigenvalue weighted by atomic mass is 10.2. The minimum atomic E-state index is -3.95. The van der Waals surface area contributed by atoms with Gasteiger partial charge in [-0.3, -0.25) is 9.10 Å². The van der Waals surface area contributed by atoms with Crippen molar-refractivity contribution in [3.8, 4) is 5.75 Å². The molecule has 0 heterocycles. The highest BCUT2D eigenvalue weighted by atomic mass is 32.2. The number of rotatable bonds is 8. The van der Waals surface area contributed by atoms with Crippen LogP contribution in [0.2, 0.25) is 0 Å². The molecule has 0 fully saturated rings. The topological polar surface area (TPSA) is 88.1 Å². The maximum atomic E-state index is 13.2. The van der Waals surface area contributed by atoms with E-state index in [1.165, 1.54) is 18.3 Å². The summed E-state index contributed by atoms with van der Waals surface area (Å²) in [5.74, 6) is 0.0911. The second kappa shape index (κ2) is 9.90. The number of nitrogens with one attached hydrogen (secondary N) is 1. The second-order valence-corrected chi connectivity index (χ2v) is 8.59. The van der Waals surface area contributed by atoms with Crippen molar-refractivity contribution in [3.05, 3.63) is 90.0 Å². The first-order valence-corrected chi connectivity index (χ1v) is 10.9. The first kappa shape index (κ1) is 22.0. The van der Waals surface area contributed by atoms with Gasteiger partial charge in [-0.05, 0) is 48.9 Å². The molecule has 8 heteroatoms. The number of nitrogens with zero attached hydrogens (tertiary/aromatic N) is 2. The van der Waals surface area contributed by atoms with Gasteiger partial charge in [-0.25, -0.2) is 13.8 Å². The van der Waals surface area contributed by atoms with Gasteiger partial charge in [0.25, 0.3) is 15.9 Å². The van der Waals surface area contributed by atoms with Crippen LogP contribution >= 0.6 is 0 Å². The van der Waals surface area contributed by atoms with E-state index in [0.29, 0.717) is 11.4 Å². The molecule has 3 aromatic rings. The van der Waals surface area contributed by atoms with Crippen LogP contribution in [0.1, 0.15) is 11.1 Å². The minimum Gasteiger partial charge on any atom is -0.497 e. The molecule has 3 rings (SSSR count). The first-order chi connectivity index (χ1) is 14.9. The summed E-state index contributed by atoms with van der Waals surface area (Å²) in [7, 11) is -2.39. The monoisotopic (exact) mass is 437 g/mol. The quantitative estimate of drug-likeness (QED) is 0.432. The molecule has 0 unspecified atom stereocenters. The predicted octanol–water partition coefficient (Wildman–Crippen LogP) is 3.35. The number of methoxy groups -OCH3 is 1. The van der Waals surface area contributed by atoms with Crippen molar-refractivity contribution < 1.29 is 17.9 Å². The summed E-state index contributed by atoms with van der Waals surface area (Å²) in [6, 6.07) is 22.1. The Balaban J connectivity index is 1.79. The number of carbonyl (C=O) groups excluding carboxylic acids is 1. The molecule has 0 spiro atoms. The van der Waals surface area contributed by atoms with E-state index in [0.717, 1.165) is 15.4 Å². The molecule has 3 aromatic carbocycles. The fourth-order valence-electron chi connectivity index (χ4n) is 2.81. The van der Waals surface area contributed by atoms with Crippen molar-refractivity contribution in [2.45, 2.75) is 11.8 Å². The molecule has 0 atom stereocenters. The summed E-state index contributed by atoms with van der Waals surface area (Å²) in [6.07, 6.45) is 1.46. The van der Waals surface area contributed by atoms with E-state index in [1.807, 2.05) is 6.92 Å². The number of amides is 1. The number of hydrogen-bond acceptors (Lipinski definition) is 5. The van der Waals surface area contributed by atoms with E-state index >= 15 is 0 Å². The molecule has 1 amide bonds. The predicted molar refractivity (Wildman–Crippen MR) is 121 cm³/mol. The number of hydrogen-bond donors (Lipinski definition) is 1. The molecule has 0 saturated heterocycles. The Morgan fingerprint density at radius 2 is 1.74 bits per heavy atom. The maximum Gasteiger partial charge on any atom is 0.264 e. The van der Waals surface area contributed by atoms with Gasteiger partial charge in [0, 0.05) is 0 Å². The molecule has 0 aromatic heterocycles. The van der Waals surface area contributed by atoms with Crippen molar-refractivity contribution >= 4 is 27.8 Å². The zero-order valence-electron chi connectivity index (χ0n) is 17.2. The molecule has 7 nitrogen and oxygen atoms in total. The molecule has 0 aliphatic heterocycles. The smallest absolute Gasteiger partial charge is 0.264 e. The van der Waals surface area contributed by atoms with E-state index in [2.05, 4.69) is 10.5 Å². The molecule has 0 aliphatic rings. The van der Waals surface area contributed by atoms with Crippen LogP contribution in [-0.2, 0) is 14.8 Å². The van der Waals surface area contributed by atoms with Crippen molar-refractivity contribution in [3.63, 3.8) is 0 Å². The summed E-state index contributed by atoms with van der Waals surface area (Å²) in [5, 5.41) is 3.93. The third kappa shape index (κ3) is 5.70. The summed E-state index contributed by atoms with van der Waals surface area (Å²) in [6.45, 7) is 1.45. The standard InChI is InChI=1S/C23H23N3O4S/c1-18-11-13-22(14-12-18)31(28,29)26(20-8-4-3-5-9-20)17-23(27)25-24-16-19-7-6-10-21(15-19)30-2/h3-16H,17H2,1-2H3,(H,25,27)/b24-16-. The molecule has 1 N–H and O–H groups in total. The lowest BCUT2D eigenvalue weighted by Gasteiger charge is -2.23. The van der Waals surface area contributed by atoms with Gasteiger partial charge in [-0.1, -0.05) is 48.0 Å². The number of benzene rings is 3. The number of anilines is 1. The number of hydrazone groups is 1. The van der Waals surface area contributed by atoms with E-state index in [-0.39, 0.29) is 4.90 Å². The zero-order chi connectivity index (χ0) is 22.3. The Hall–Kier alpha value is -3.65. The molecule has 160 valence electrons. The second-order valence-electron chi connectivity index (χ2n) is 6.73. The van der Waals surface area contributed by atoms with E-state index in [1.54, 1.807) is 73.8 Å². The fourth-order valence-corrected chi connectivity index (χ4v) is 4.23. The van der Waals surface area contributed by atoms with Gasteiger partial charge in [0.05, 0.1) is 23.9 Å². The summed E-state index contributed by atoms with van der Waals surface area (Å²) >= 11 is 0. The Morgan fingerprint density at radius 1 is 1.03 bits per heavy atom. The van der Waals surface area contributed by atoms with Crippen molar-refractivity contribution in [1.29, 1.82) is 0 Å². The van der Waals surface area contributed by atoms with Crippen molar-refractivity contribution in [2.24, 2.45) is 5.10 Å². The maximum absolute atomic E-state index is 13.2. The van der Waals surface area contributed by atoms with Crippen LogP contribution in [0.4, 0.5) is 5.69 Å². The minimum absolute atomic E-state index is 0.106. The lowest BCUT2D eigenvalue weighted by Crippen LogP contribution is -2.39. The normalized spacial score (nSPS) is 11.3. The average Bonchev–Trinajstić information content (AvgIpc) is 2.78. The number of ether oxygens (including phenoxy) is 1. The third-order valence-corrected chi connectivity index (χ3v) is 6.23. The van der Waals surface area contributed by atoms with Gasteiger partial charge in [0.15, 0.2) is 0 Å². The van der Waals surface area contributed by atoms with Gasteiger partial charge in [-0.2, -0.15) is 5.10 Å². The van der Waals surface area contributed by atoms with Gasteiger partial charge < -0.3 is 4.74 Å². The highest BCUT2D eigenvalue weighted by molar-refractivity contribution is 7.92. The Bertz CT molecular complexity index is 1160. The fraction of sp³-hybridized carbons (Fsp3) is 0.130. The molecule has 0 saturated carbocycles. The Morgan fingerprint density at radius 3 is 2.42 bits per heavy atom. The third-order valence-electron chi connectivity index (χ3n) is 4.44. The molecule has 31 heavy (non-hydrogen) atoms. The summed E-state index contributed by atoms with van der Waals surface area (Å²) in [4.78, 5) is 12.6. The van der Waals surface area contributed by atoms with Crippen molar-refractivity contribution in [1.82, 2.24) is 5.43 Å². The molecule has 0 radical (unpaired) electrons. The zero-order valence-corrected chi connectivity index (χ0v) is 18.0. The molecular formula is C23H23N3O4S. The number of para-hydroxylation sites is 1. The van der Waals surface area contributed by atoms with Gasteiger partial charge in [0.2, 0.25) is 0 Å². The van der Waals surface area contributed by atoms with Crippen LogP contribution in [0, 0.1) is 6.92 Å². The Kier molecular flexibility index (Phi) is 7.04. The van der Waals surface area contributed by atoms with Crippen LogP contribution in [0.25, 0.3) is 0 Å². The SMILES string of the molecule is COc1cccc(/C=N\NC(=O)CN(c2ccccc2)S(=O)(=O)c2ccc(C)cc2)c1. The van der Waals surface area contributed by atoms with Gasteiger partial charge in [-0.15, -0.1) is 0 Å². The van der Waals surface area contributed by atoms with Crippen LogP contribution in [0.3, 0.4) is 0 Å². The van der Waals surface area contributed by atoms with Gasteiger partial charge >= 0.3 is 0 Å². The van der Waals surface area contributed by atoms with Gasteiger partial charge in [0.1, 0.15) is 12.3 Å². The molecule has 0 bridgehead atoms. The summed E-state index contributed by atoms with van der Waals surface area (Å²) in [5.41, 5.74) is 4.44. The van der Waals surface area contributed by atoms with E-state index < -0.39 is 22.5 Å². The van der Waals surface area contributed by atoms with Crippen LogP contribution in [-0.4, -0.2) is 34.2 Å². The average molecular weight is 438 g/mol. The lowest BCUT2D eigenvalue weighted by molar-refractivity contribution is -0.119. The molecular weight excluding hydrogens is 414 g/mol. The number of carbonyl (C=O) groups is 1. The van der Waals surface area contributed by atoms with Crippen LogP contribution < -0.4 is 14.5 Å². The van der Waals surface area contributed by atoms with E-state index in [4.69, 9.17) is 4.74 Å². The first-order valence-electron chi connectivity index (χ1n) is 9.50. The Labute approximate surface area is 182 Å². The van der Waals surface area contributed by atoms with Crippen LogP contribution in [0.15, 0.2) is 88.9 Å². The number of aryl methyl sites for hydroxylation is 1. The van der Waals surface area contributed by atoms with Crippen molar-refractivity contribution in [2.75, 3.05) is 18.0 Å².